The van der Waals surface area contributed by atoms with Crippen molar-refractivity contribution >= 4 is 11.4 Å². The molecule has 118 valence electrons. The third-order valence-electron chi connectivity index (χ3n) is 4.04. The lowest BCUT2D eigenvalue weighted by molar-refractivity contribution is 0.411. The minimum atomic E-state index is 0.353. The third-order valence-corrected chi connectivity index (χ3v) is 4.04. The minimum Gasteiger partial charge on any atom is -0.494 e. The molecule has 1 aliphatic heterocycles. The first kappa shape index (κ1) is 15.2. The van der Waals surface area contributed by atoms with E-state index in [1.165, 1.54) is 19.3 Å². The number of rotatable bonds is 4. The van der Waals surface area contributed by atoms with Crippen LogP contribution in [0.25, 0.3) is 4.98 Å². The van der Waals surface area contributed by atoms with Gasteiger partial charge in [-0.05, 0) is 31.4 Å². The number of anilines is 1. The fourth-order valence-electron chi connectivity index (χ4n) is 2.86. The summed E-state index contributed by atoms with van der Waals surface area (Å²) in [6, 6.07) is 13.1. The van der Waals surface area contributed by atoms with Crippen molar-refractivity contribution in [2.24, 2.45) is 0 Å². The average molecular weight is 310 g/mol. The summed E-state index contributed by atoms with van der Waals surface area (Å²) in [6.07, 6.45) is 3.60. The highest BCUT2D eigenvalue weighted by molar-refractivity contribution is 5.72. The molecule has 1 aliphatic rings. The topological polar surface area (TPSA) is 49.9 Å². The third kappa shape index (κ3) is 3.37. The Balaban J connectivity index is 1.98. The second-order valence-electron chi connectivity index (χ2n) is 5.55. The van der Waals surface area contributed by atoms with E-state index in [0.29, 0.717) is 22.9 Å². The number of diazo groups is 1. The molecule has 1 saturated heterocycles. The first-order valence-electron chi connectivity index (χ1n) is 7.87. The molecule has 1 heterocycles. The Morgan fingerprint density at radius 2 is 1.74 bits per heavy atom. The van der Waals surface area contributed by atoms with E-state index in [2.05, 4.69) is 9.88 Å². The van der Waals surface area contributed by atoms with Crippen molar-refractivity contribution in [3.8, 4) is 17.2 Å². The number of piperidine rings is 1. The van der Waals surface area contributed by atoms with Gasteiger partial charge in [-0.2, -0.15) is 0 Å². The molecule has 2 aromatic carbocycles. The number of hydrogen-bond donors (Lipinski definition) is 0. The molecule has 0 unspecified atom stereocenters. The maximum atomic E-state index is 9.29. The van der Waals surface area contributed by atoms with Gasteiger partial charge in [-0.15, -0.1) is 0 Å². The SMILES string of the molecule is COc1cc([N+]#N)c(Oc2ccccc2)cc1N1CCCCC1. The Morgan fingerprint density at radius 1 is 1.00 bits per heavy atom. The molecule has 2 aromatic rings. The van der Waals surface area contributed by atoms with Crippen LogP contribution >= 0.6 is 0 Å². The predicted octanol–water partition coefficient (Wildman–Crippen LogP) is 4.96. The van der Waals surface area contributed by atoms with Gasteiger partial charge in [0.15, 0.2) is 10.7 Å². The zero-order valence-electron chi connectivity index (χ0n) is 13.2. The van der Waals surface area contributed by atoms with Crippen LogP contribution in [0.3, 0.4) is 0 Å². The fraction of sp³-hybridized carbons (Fsp3) is 0.333. The van der Waals surface area contributed by atoms with Crippen LogP contribution in [0.2, 0.25) is 0 Å². The highest BCUT2D eigenvalue weighted by Crippen LogP contribution is 2.42. The average Bonchev–Trinajstić information content (AvgIpc) is 2.63. The van der Waals surface area contributed by atoms with E-state index in [4.69, 9.17) is 9.47 Å². The van der Waals surface area contributed by atoms with E-state index >= 15 is 0 Å². The van der Waals surface area contributed by atoms with Crippen LogP contribution in [-0.2, 0) is 0 Å². The molecule has 5 heteroatoms. The first-order chi connectivity index (χ1) is 11.3. The van der Waals surface area contributed by atoms with Crippen molar-refractivity contribution in [1.29, 1.82) is 5.39 Å². The lowest BCUT2D eigenvalue weighted by Crippen LogP contribution is -2.29. The second-order valence-corrected chi connectivity index (χ2v) is 5.55. The van der Waals surface area contributed by atoms with E-state index in [1.54, 1.807) is 13.2 Å². The summed E-state index contributed by atoms with van der Waals surface area (Å²) in [7, 11) is 1.63. The molecule has 23 heavy (non-hydrogen) atoms. The lowest BCUT2D eigenvalue weighted by Gasteiger charge is -2.29. The summed E-state index contributed by atoms with van der Waals surface area (Å²) in [5.74, 6) is 1.91. The summed E-state index contributed by atoms with van der Waals surface area (Å²) >= 11 is 0. The van der Waals surface area contributed by atoms with Gasteiger partial charge in [0.2, 0.25) is 11.1 Å². The van der Waals surface area contributed by atoms with Crippen molar-refractivity contribution in [1.82, 2.24) is 0 Å². The standard InChI is InChI=1S/C18H20N3O2/c1-22-18-12-15(20-19)17(23-14-8-4-2-5-9-14)13-16(18)21-10-6-3-7-11-21/h2,4-5,8-9,12-13H,3,6-7,10-11H2,1H3/q+1. The van der Waals surface area contributed by atoms with Gasteiger partial charge in [-0.3, -0.25) is 0 Å². The molecular weight excluding hydrogens is 290 g/mol. The largest absolute Gasteiger partial charge is 0.494 e. The number of methoxy groups -OCH3 is 1. The van der Waals surface area contributed by atoms with E-state index in [-0.39, 0.29) is 0 Å². The van der Waals surface area contributed by atoms with Crippen LogP contribution in [0.15, 0.2) is 42.5 Å². The predicted molar refractivity (Wildman–Crippen MR) is 90.3 cm³/mol. The van der Waals surface area contributed by atoms with Crippen LogP contribution in [0, 0.1) is 5.39 Å². The zero-order chi connectivity index (χ0) is 16.1. The monoisotopic (exact) mass is 310 g/mol. The van der Waals surface area contributed by atoms with Gasteiger partial charge in [-0.25, -0.2) is 0 Å². The molecule has 0 radical (unpaired) electrons. The lowest BCUT2D eigenvalue weighted by atomic mass is 10.1. The normalized spacial score (nSPS) is 14.2. The molecular formula is C18H20N3O2+. The maximum absolute atomic E-state index is 9.29. The van der Waals surface area contributed by atoms with Crippen LogP contribution < -0.4 is 14.4 Å². The molecule has 0 atom stereocenters. The molecule has 0 N–H and O–H groups in total. The van der Waals surface area contributed by atoms with Gasteiger partial charge in [0, 0.05) is 19.2 Å². The summed E-state index contributed by atoms with van der Waals surface area (Å²) in [5, 5.41) is 9.29. The summed E-state index contributed by atoms with van der Waals surface area (Å²) in [6.45, 7) is 1.99. The number of ether oxygens (including phenoxy) is 2. The quantitative estimate of drug-likeness (QED) is 0.749. The van der Waals surface area contributed by atoms with Crippen LogP contribution in [0.4, 0.5) is 11.4 Å². The van der Waals surface area contributed by atoms with Gasteiger partial charge in [0.25, 0.3) is 0 Å². The molecule has 0 bridgehead atoms. The molecule has 0 spiro atoms. The summed E-state index contributed by atoms with van der Waals surface area (Å²) in [5.41, 5.74) is 1.33. The number of nitrogens with zero attached hydrogens (tertiary/aromatic N) is 3. The van der Waals surface area contributed by atoms with Gasteiger partial charge < -0.3 is 14.4 Å². The Hall–Kier alpha value is -2.74. The van der Waals surface area contributed by atoms with Crippen LogP contribution in [0.1, 0.15) is 19.3 Å². The molecule has 0 amide bonds. The van der Waals surface area contributed by atoms with Gasteiger partial charge in [0.05, 0.1) is 18.9 Å². The number of hydrogen-bond acceptors (Lipinski definition) is 4. The maximum Gasteiger partial charge on any atom is 0.430 e. The van der Waals surface area contributed by atoms with E-state index < -0.39 is 0 Å². The number of benzene rings is 2. The van der Waals surface area contributed by atoms with E-state index in [1.807, 2.05) is 36.4 Å². The molecule has 3 rings (SSSR count). The minimum absolute atomic E-state index is 0.353. The molecule has 5 nitrogen and oxygen atoms in total. The Kier molecular flexibility index (Phi) is 4.62. The van der Waals surface area contributed by atoms with Crippen molar-refractivity contribution < 1.29 is 9.47 Å². The summed E-state index contributed by atoms with van der Waals surface area (Å²) in [4.78, 5) is 5.63. The Labute approximate surface area is 136 Å². The zero-order valence-corrected chi connectivity index (χ0v) is 13.2. The number of para-hydroxylation sites is 1. The van der Waals surface area contributed by atoms with E-state index in [0.717, 1.165) is 18.8 Å². The van der Waals surface area contributed by atoms with Crippen molar-refractivity contribution in [3.63, 3.8) is 0 Å². The van der Waals surface area contributed by atoms with Crippen molar-refractivity contribution in [3.05, 3.63) is 47.4 Å². The fourth-order valence-corrected chi connectivity index (χ4v) is 2.86. The highest BCUT2D eigenvalue weighted by atomic mass is 16.5. The van der Waals surface area contributed by atoms with Crippen molar-refractivity contribution in [2.45, 2.75) is 19.3 Å². The smallest absolute Gasteiger partial charge is 0.430 e. The van der Waals surface area contributed by atoms with Crippen LogP contribution in [-0.4, -0.2) is 20.2 Å². The molecule has 0 aromatic heterocycles. The van der Waals surface area contributed by atoms with Gasteiger partial charge >= 0.3 is 5.69 Å². The molecule has 0 saturated carbocycles. The van der Waals surface area contributed by atoms with Gasteiger partial charge in [-0.1, -0.05) is 18.2 Å². The highest BCUT2D eigenvalue weighted by Gasteiger charge is 2.24. The van der Waals surface area contributed by atoms with Gasteiger partial charge in [0.1, 0.15) is 5.75 Å². The van der Waals surface area contributed by atoms with Crippen molar-refractivity contribution in [2.75, 3.05) is 25.1 Å². The summed E-state index contributed by atoms with van der Waals surface area (Å²) < 4.78 is 11.4. The first-order valence-corrected chi connectivity index (χ1v) is 7.87. The molecule has 1 fully saturated rings. The second kappa shape index (κ2) is 7.01. The Morgan fingerprint density at radius 3 is 2.39 bits per heavy atom. The van der Waals surface area contributed by atoms with Crippen LogP contribution in [0.5, 0.6) is 17.2 Å². The molecule has 0 aliphatic carbocycles. The van der Waals surface area contributed by atoms with E-state index in [9.17, 15) is 5.39 Å². The Bertz CT molecular complexity index is 704.